The molecule has 46 heavy (non-hydrogen) atoms. The van der Waals surface area contributed by atoms with Gasteiger partial charge in [-0.25, -0.2) is 0 Å². The fraction of sp³-hybridized carbons (Fsp3) is 0.861. The van der Waals surface area contributed by atoms with Crippen LogP contribution in [-0.4, -0.2) is 97.8 Å². The molecule has 10 nitrogen and oxygen atoms in total. The number of allylic oxidation sites excluding steroid dienone is 3. The van der Waals surface area contributed by atoms with E-state index in [-0.39, 0.29) is 40.6 Å². The van der Waals surface area contributed by atoms with Crippen molar-refractivity contribution in [1.29, 1.82) is 0 Å². The number of hydrogen-bond donors (Lipinski definition) is 7. The van der Waals surface area contributed by atoms with Crippen LogP contribution in [0.4, 0.5) is 0 Å². The van der Waals surface area contributed by atoms with Crippen LogP contribution in [0.25, 0.3) is 0 Å². The Balaban J connectivity index is 1.43. The molecule has 0 aromatic carbocycles. The second-order valence-corrected chi connectivity index (χ2v) is 16.9. The maximum absolute atomic E-state index is 14.4. The van der Waals surface area contributed by atoms with E-state index >= 15 is 0 Å². The summed E-state index contributed by atoms with van der Waals surface area (Å²) in [5, 5.41) is 73.7. The Morgan fingerprint density at radius 3 is 2.28 bits per heavy atom. The van der Waals surface area contributed by atoms with Gasteiger partial charge in [0.25, 0.3) is 0 Å². The van der Waals surface area contributed by atoms with Gasteiger partial charge in [0.05, 0.1) is 30.8 Å². The maximum atomic E-state index is 14.4. The average Bonchev–Trinajstić information content (AvgIpc) is 3.02. The Hall–Kier alpha value is -1.37. The molecule has 0 spiro atoms. The first-order valence-electron chi connectivity index (χ1n) is 17.4. The van der Waals surface area contributed by atoms with Crippen LogP contribution in [0.5, 0.6) is 0 Å². The smallest absolute Gasteiger partial charge is 0.318 e. The van der Waals surface area contributed by atoms with Crippen molar-refractivity contribution in [2.75, 3.05) is 13.2 Å². The zero-order chi connectivity index (χ0) is 33.8. The van der Waals surface area contributed by atoms with Gasteiger partial charge in [0.15, 0.2) is 0 Å². The highest BCUT2D eigenvalue weighted by molar-refractivity contribution is 5.82. The van der Waals surface area contributed by atoms with Gasteiger partial charge in [-0.3, -0.25) is 4.79 Å². The van der Waals surface area contributed by atoms with Crippen LogP contribution in [0.2, 0.25) is 0 Å². The van der Waals surface area contributed by atoms with Gasteiger partial charge in [-0.15, -0.1) is 0 Å². The molecule has 3 saturated carbocycles. The minimum absolute atomic E-state index is 0.0220. The Kier molecular flexibility index (Phi) is 8.50. The number of carbonyl (C=O) groups excluding carboxylic acids is 1. The highest BCUT2D eigenvalue weighted by Crippen LogP contribution is 2.74. The van der Waals surface area contributed by atoms with Crippen LogP contribution < -0.4 is 0 Å². The number of hydrogen-bond acceptors (Lipinski definition) is 10. The first-order valence-corrected chi connectivity index (χ1v) is 17.4. The Morgan fingerprint density at radius 1 is 0.935 bits per heavy atom. The zero-order valence-corrected chi connectivity index (χ0v) is 28.2. The third-order valence-corrected chi connectivity index (χ3v) is 14.9. The van der Waals surface area contributed by atoms with E-state index in [2.05, 4.69) is 46.8 Å². The number of rotatable bonds is 4. The van der Waals surface area contributed by atoms with Crippen LogP contribution in [0.3, 0.4) is 0 Å². The fourth-order valence-electron chi connectivity index (χ4n) is 11.7. The summed E-state index contributed by atoms with van der Waals surface area (Å²) in [5.74, 6) is -0.0171. The summed E-state index contributed by atoms with van der Waals surface area (Å²) in [6, 6.07) is 0. The van der Waals surface area contributed by atoms with Gasteiger partial charge in [-0.1, -0.05) is 53.7 Å². The maximum Gasteiger partial charge on any atom is 0.318 e. The molecule has 0 amide bonds. The highest BCUT2D eigenvalue weighted by atomic mass is 16.7. The van der Waals surface area contributed by atoms with E-state index in [4.69, 9.17) is 9.47 Å². The van der Waals surface area contributed by atoms with Gasteiger partial charge >= 0.3 is 5.97 Å². The lowest BCUT2D eigenvalue weighted by Gasteiger charge is -2.70. The summed E-state index contributed by atoms with van der Waals surface area (Å²) < 4.78 is 11.5. The Labute approximate surface area is 272 Å². The predicted octanol–water partition coefficient (Wildman–Crippen LogP) is 2.21. The van der Waals surface area contributed by atoms with Crippen molar-refractivity contribution in [3.8, 4) is 0 Å². The van der Waals surface area contributed by atoms with E-state index in [0.29, 0.717) is 25.2 Å². The summed E-state index contributed by atoms with van der Waals surface area (Å²) in [5.41, 5.74) is -0.422. The van der Waals surface area contributed by atoms with E-state index in [0.717, 1.165) is 36.8 Å². The van der Waals surface area contributed by atoms with Gasteiger partial charge in [-0.05, 0) is 96.0 Å². The average molecular weight is 649 g/mol. The summed E-state index contributed by atoms with van der Waals surface area (Å²) in [7, 11) is 0. The van der Waals surface area contributed by atoms with Crippen LogP contribution >= 0.6 is 0 Å². The molecule has 0 unspecified atom stereocenters. The standard InChI is InChI=1S/C36H56O10/c1-18-9-12-36(31(44)46-30-28(42)27(41)26(40)22(16-37)45-30)14-13-34(5)20(25(36)19(18)2)7-8-24-32(3)15-21(39)29(43)33(4,17-38)23(32)10-11-35(24,34)6/h7-8,18-19,21-24,26-30,37-43H,9-17H2,1-6H3/t18-,19+,21-,22-,23+,24-,26-,27+,28-,29+,30+,32+,33+,34-,35-,36+/m1/s1. The molecule has 0 bridgehead atoms. The van der Waals surface area contributed by atoms with E-state index in [1.165, 1.54) is 0 Å². The summed E-state index contributed by atoms with van der Waals surface area (Å²) in [6.07, 6.45) is -0.175. The van der Waals surface area contributed by atoms with Gasteiger partial charge in [0.1, 0.15) is 24.4 Å². The van der Waals surface area contributed by atoms with Crippen molar-refractivity contribution in [3.63, 3.8) is 0 Å². The second-order valence-electron chi connectivity index (χ2n) is 16.9. The number of ether oxygens (including phenoxy) is 2. The van der Waals surface area contributed by atoms with Crippen LogP contribution in [-0.2, 0) is 14.3 Å². The molecule has 6 aliphatic rings. The molecule has 260 valence electrons. The SMILES string of the molecule is C[C@@H]1CC[C@]2(C(=O)O[C@@H]3O[C@H](CO)[C@@H](O)[C@H](O)[C@H]3O)CC[C@]3(C)C(=C2[C@H]1C)C=C[C@@H]1[C@@]2(C)C[C@@H](O)[C@H](O)[C@@](C)(CO)[C@H]2CC[C@]13C. The summed E-state index contributed by atoms with van der Waals surface area (Å²) >= 11 is 0. The highest BCUT2D eigenvalue weighted by Gasteiger charge is 2.69. The van der Waals surface area contributed by atoms with Gasteiger partial charge < -0.3 is 45.2 Å². The molecule has 6 rings (SSSR count). The molecule has 5 aliphatic carbocycles. The van der Waals surface area contributed by atoms with Crippen molar-refractivity contribution in [3.05, 3.63) is 23.3 Å². The molecule has 16 atom stereocenters. The number of aliphatic hydroxyl groups is 7. The quantitative estimate of drug-likeness (QED) is 0.224. The van der Waals surface area contributed by atoms with Crippen LogP contribution in [0.1, 0.15) is 86.5 Å². The summed E-state index contributed by atoms with van der Waals surface area (Å²) in [6.45, 7) is 12.4. The molecular weight excluding hydrogens is 592 g/mol. The van der Waals surface area contributed by atoms with Gasteiger partial charge in [0.2, 0.25) is 6.29 Å². The number of fused-ring (bicyclic) bond motifs is 6. The van der Waals surface area contributed by atoms with E-state index in [1.54, 1.807) is 0 Å². The lowest BCUT2D eigenvalue weighted by Crippen LogP contribution is -2.67. The molecule has 4 fully saturated rings. The number of carbonyl (C=O) groups is 1. The van der Waals surface area contributed by atoms with Crippen molar-refractivity contribution in [2.45, 2.75) is 129 Å². The van der Waals surface area contributed by atoms with Crippen molar-refractivity contribution in [1.82, 2.24) is 0 Å². The lowest BCUT2D eigenvalue weighted by atomic mass is 9.35. The molecule has 0 aromatic heterocycles. The van der Waals surface area contributed by atoms with Crippen molar-refractivity contribution < 1.29 is 50.0 Å². The third kappa shape index (κ3) is 4.40. The summed E-state index contributed by atoms with van der Waals surface area (Å²) in [4.78, 5) is 14.4. The Bertz CT molecular complexity index is 1280. The molecule has 0 radical (unpaired) electrons. The fourth-order valence-corrected chi connectivity index (χ4v) is 11.7. The van der Waals surface area contributed by atoms with Crippen LogP contribution in [0.15, 0.2) is 23.3 Å². The second kappa shape index (κ2) is 11.3. The van der Waals surface area contributed by atoms with Crippen molar-refractivity contribution >= 4 is 5.97 Å². The molecular formula is C36H56O10. The van der Waals surface area contributed by atoms with E-state index < -0.39 is 66.3 Å². The molecule has 1 saturated heterocycles. The number of esters is 1. The minimum atomic E-state index is -1.66. The first kappa shape index (κ1) is 34.5. The molecule has 0 aromatic rings. The third-order valence-electron chi connectivity index (χ3n) is 14.9. The molecule has 1 aliphatic heterocycles. The predicted molar refractivity (Wildman–Crippen MR) is 168 cm³/mol. The monoisotopic (exact) mass is 648 g/mol. The topological polar surface area (TPSA) is 177 Å². The van der Waals surface area contributed by atoms with Crippen LogP contribution in [0, 0.1) is 50.7 Å². The van der Waals surface area contributed by atoms with Gasteiger partial charge in [-0.2, -0.15) is 0 Å². The molecule has 7 N–H and O–H groups in total. The normalized spacial score (nSPS) is 55.1. The van der Waals surface area contributed by atoms with Gasteiger partial charge in [0, 0.05) is 5.41 Å². The Morgan fingerprint density at radius 2 is 1.63 bits per heavy atom. The largest absolute Gasteiger partial charge is 0.432 e. The minimum Gasteiger partial charge on any atom is -0.432 e. The lowest BCUT2D eigenvalue weighted by molar-refractivity contribution is -0.295. The van der Waals surface area contributed by atoms with E-state index in [9.17, 15) is 40.5 Å². The molecule has 10 heteroatoms. The molecule has 1 heterocycles. The zero-order valence-electron chi connectivity index (χ0n) is 28.2. The van der Waals surface area contributed by atoms with E-state index in [1.807, 2.05) is 6.92 Å². The number of aliphatic hydroxyl groups excluding tert-OH is 7. The van der Waals surface area contributed by atoms with Crippen molar-refractivity contribution in [2.24, 2.45) is 50.7 Å². The first-order chi connectivity index (χ1) is 21.5.